The molecular formula is C15H13F2N3O3. The molecule has 0 aliphatic rings. The maximum Gasteiger partial charge on any atom is 0.356 e. The van der Waals surface area contributed by atoms with E-state index in [1.54, 1.807) is 0 Å². The molecule has 0 unspecified atom stereocenters. The molecule has 0 radical (unpaired) electrons. The van der Waals surface area contributed by atoms with Gasteiger partial charge in [0.05, 0.1) is 5.69 Å². The van der Waals surface area contributed by atoms with Crippen LogP contribution in [0.5, 0.6) is 0 Å². The number of nitrogens with two attached hydrogens (primary N) is 1. The van der Waals surface area contributed by atoms with Crippen LogP contribution in [0.25, 0.3) is 11.3 Å². The summed E-state index contributed by atoms with van der Waals surface area (Å²) >= 11 is 0. The largest absolute Gasteiger partial charge is 0.476 e. The van der Waals surface area contributed by atoms with Gasteiger partial charge in [0.25, 0.3) is 5.91 Å². The minimum atomic E-state index is -1.47. The van der Waals surface area contributed by atoms with Crippen molar-refractivity contribution in [1.82, 2.24) is 9.88 Å². The fraction of sp³-hybridized carbons (Fsp3) is 0.133. The van der Waals surface area contributed by atoms with Gasteiger partial charge in [0.15, 0.2) is 11.5 Å². The Morgan fingerprint density at radius 1 is 1.17 bits per heavy atom. The van der Waals surface area contributed by atoms with Crippen molar-refractivity contribution in [2.45, 2.75) is 0 Å². The second-order valence-corrected chi connectivity index (χ2v) is 4.96. The van der Waals surface area contributed by atoms with Crippen LogP contribution in [-0.4, -0.2) is 41.0 Å². The average Bonchev–Trinajstić information content (AvgIpc) is 2.47. The molecule has 1 heterocycles. The van der Waals surface area contributed by atoms with E-state index in [4.69, 9.17) is 10.8 Å². The maximum absolute atomic E-state index is 14.1. The number of hydrogen-bond acceptors (Lipinski definition) is 4. The fourth-order valence-corrected chi connectivity index (χ4v) is 1.96. The molecule has 0 saturated heterocycles. The third-order valence-corrected chi connectivity index (χ3v) is 3.08. The number of nitrogen functional groups attached to an aromatic ring is 1. The Balaban J connectivity index is 2.66. The van der Waals surface area contributed by atoms with Gasteiger partial charge in [-0.3, -0.25) is 4.79 Å². The molecule has 0 spiro atoms. The second kappa shape index (κ2) is 5.99. The third kappa shape index (κ3) is 3.10. The molecule has 2 rings (SSSR count). The van der Waals surface area contributed by atoms with Gasteiger partial charge in [-0.25, -0.2) is 18.6 Å². The van der Waals surface area contributed by atoms with Gasteiger partial charge in [-0.1, -0.05) is 0 Å². The van der Waals surface area contributed by atoms with Crippen molar-refractivity contribution in [1.29, 1.82) is 0 Å². The Hall–Kier alpha value is -3.03. The van der Waals surface area contributed by atoms with Gasteiger partial charge < -0.3 is 15.7 Å². The molecule has 1 aromatic heterocycles. The lowest BCUT2D eigenvalue weighted by molar-refractivity contribution is 0.0691. The minimum Gasteiger partial charge on any atom is -0.476 e. The van der Waals surface area contributed by atoms with Crippen LogP contribution in [0.15, 0.2) is 24.3 Å². The molecule has 23 heavy (non-hydrogen) atoms. The predicted octanol–water partition coefficient (Wildman–Crippen LogP) is 2.01. The Labute approximate surface area is 130 Å². The predicted molar refractivity (Wildman–Crippen MR) is 79.0 cm³/mol. The molecule has 120 valence electrons. The topological polar surface area (TPSA) is 96.5 Å². The van der Waals surface area contributed by atoms with Gasteiger partial charge in [-0.2, -0.15) is 0 Å². The van der Waals surface area contributed by atoms with Crippen LogP contribution < -0.4 is 5.73 Å². The average molecular weight is 321 g/mol. The van der Waals surface area contributed by atoms with Crippen LogP contribution in [0.2, 0.25) is 0 Å². The van der Waals surface area contributed by atoms with Crippen LogP contribution in [0.1, 0.15) is 20.8 Å². The van der Waals surface area contributed by atoms with E-state index in [-0.39, 0.29) is 16.8 Å². The summed E-state index contributed by atoms with van der Waals surface area (Å²) in [4.78, 5) is 27.8. The van der Waals surface area contributed by atoms with Crippen LogP contribution in [-0.2, 0) is 0 Å². The molecule has 0 saturated carbocycles. The SMILES string of the molecule is CN(C)C(=O)c1ccc(F)c(-c2nc(C(=O)O)c(N)cc2F)c1. The second-order valence-electron chi connectivity index (χ2n) is 4.96. The van der Waals surface area contributed by atoms with E-state index < -0.39 is 34.9 Å². The summed E-state index contributed by atoms with van der Waals surface area (Å²) in [5.74, 6) is -3.71. The quantitative estimate of drug-likeness (QED) is 0.901. The molecule has 0 aliphatic heterocycles. The zero-order valence-electron chi connectivity index (χ0n) is 12.3. The van der Waals surface area contributed by atoms with Gasteiger partial charge in [-0.05, 0) is 18.2 Å². The smallest absolute Gasteiger partial charge is 0.356 e. The molecular weight excluding hydrogens is 308 g/mol. The van der Waals surface area contributed by atoms with Crippen molar-refractivity contribution in [2.24, 2.45) is 0 Å². The van der Waals surface area contributed by atoms with E-state index in [0.717, 1.165) is 18.2 Å². The molecule has 8 heteroatoms. The van der Waals surface area contributed by atoms with Crippen molar-refractivity contribution < 1.29 is 23.5 Å². The first-order chi connectivity index (χ1) is 10.7. The number of carbonyl (C=O) groups is 2. The lowest BCUT2D eigenvalue weighted by atomic mass is 10.0. The standard InChI is InChI=1S/C15H13F2N3O3/c1-20(2)14(21)7-3-4-9(16)8(5-7)12-10(17)6-11(18)13(19-12)15(22)23/h3-6H,18H2,1-2H3,(H,22,23). The van der Waals surface area contributed by atoms with Gasteiger partial charge >= 0.3 is 5.97 Å². The first-order valence-electron chi connectivity index (χ1n) is 6.43. The number of aromatic carboxylic acids is 1. The number of hydrogen-bond donors (Lipinski definition) is 2. The van der Waals surface area contributed by atoms with Crippen molar-refractivity contribution in [3.63, 3.8) is 0 Å². The van der Waals surface area contributed by atoms with Gasteiger partial charge in [-0.15, -0.1) is 0 Å². The summed E-state index contributed by atoms with van der Waals surface area (Å²) in [6.07, 6.45) is 0. The number of anilines is 1. The third-order valence-electron chi connectivity index (χ3n) is 3.08. The highest BCUT2D eigenvalue weighted by atomic mass is 19.1. The molecule has 2 aromatic rings. The first-order valence-corrected chi connectivity index (χ1v) is 6.43. The van der Waals surface area contributed by atoms with Gasteiger partial charge in [0.1, 0.15) is 11.5 Å². The number of amides is 1. The minimum absolute atomic E-state index is 0.112. The highest BCUT2D eigenvalue weighted by Gasteiger charge is 2.20. The van der Waals surface area contributed by atoms with Gasteiger partial charge in [0.2, 0.25) is 0 Å². The maximum atomic E-state index is 14.1. The Kier molecular flexibility index (Phi) is 4.26. The zero-order valence-corrected chi connectivity index (χ0v) is 12.3. The normalized spacial score (nSPS) is 10.4. The molecule has 1 amide bonds. The fourth-order valence-electron chi connectivity index (χ4n) is 1.96. The summed E-state index contributed by atoms with van der Waals surface area (Å²) in [7, 11) is 3.02. The Morgan fingerprint density at radius 2 is 1.83 bits per heavy atom. The van der Waals surface area contributed by atoms with E-state index >= 15 is 0 Å². The van der Waals surface area contributed by atoms with Crippen molar-refractivity contribution in [3.05, 3.63) is 47.2 Å². The highest BCUT2D eigenvalue weighted by Crippen LogP contribution is 2.27. The number of rotatable bonds is 3. The van der Waals surface area contributed by atoms with Crippen molar-refractivity contribution in [3.8, 4) is 11.3 Å². The van der Waals surface area contributed by atoms with Crippen LogP contribution in [0.3, 0.4) is 0 Å². The van der Waals surface area contributed by atoms with E-state index in [2.05, 4.69) is 4.98 Å². The lowest BCUT2D eigenvalue weighted by Gasteiger charge is -2.12. The first kappa shape index (κ1) is 16.3. The summed E-state index contributed by atoms with van der Waals surface area (Å²) in [5, 5.41) is 8.99. The molecule has 0 fully saturated rings. The molecule has 3 N–H and O–H groups in total. The summed E-state index contributed by atoms with van der Waals surface area (Å²) in [6.45, 7) is 0. The zero-order chi connectivity index (χ0) is 17.3. The number of carboxylic acid groups (broad SMARTS) is 1. The Bertz CT molecular complexity index is 807. The monoisotopic (exact) mass is 321 g/mol. The Morgan fingerprint density at radius 3 is 2.39 bits per heavy atom. The number of pyridine rings is 1. The van der Waals surface area contributed by atoms with Gasteiger partial charge in [0, 0.05) is 31.3 Å². The van der Waals surface area contributed by atoms with Crippen molar-refractivity contribution >= 4 is 17.6 Å². The summed E-state index contributed by atoms with van der Waals surface area (Å²) < 4.78 is 28.1. The summed E-state index contributed by atoms with van der Waals surface area (Å²) in [6, 6.07) is 4.11. The van der Waals surface area contributed by atoms with E-state index in [1.807, 2.05) is 0 Å². The molecule has 0 atom stereocenters. The number of nitrogens with zero attached hydrogens (tertiary/aromatic N) is 2. The highest BCUT2D eigenvalue weighted by molar-refractivity contribution is 5.95. The number of aromatic nitrogens is 1. The van der Waals surface area contributed by atoms with E-state index in [1.165, 1.54) is 25.1 Å². The van der Waals surface area contributed by atoms with Crippen molar-refractivity contribution in [2.75, 3.05) is 19.8 Å². The van der Waals surface area contributed by atoms with E-state index in [0.29, 0.717) is 0 Å². The molecule has 6 nitrogen and oxygen atoms in total. The number of benzene rings is 1. The lowest BCUT2D eigenvalue weighted by Crippen LogP contribution is -2.21. The molecule has 0 aliphatic carbocycles. The van der Waals surface area contributed by atoms with Crippen LogP contribution in [0.4, 0.5) is 14.5 Å². The number of halogens is 2. The molecule has 0 bridgehead atoms. The van der Waals surface area contributed by atoms with Crippen LogP contribution >= 0.6 is 0 Å². The summed E-state index contributed by atoms with van der Waals surface area (Å²) in [5.41, 5.74) is 3.68. The van der Waals surface area contributed by atoms with E-state index in [9.17, 15) is 18.4 Å². The number of carboxylic acids is 1. The molecule has 1 aromatic carbocycles. The van der Waals surface area contributed by atoms with Crippen LogP contribution in [0, 0.1) is 11.6 Å². The number of carbonyl (C=O) groups excluding carboxylic acids is 1.